The normalized spacial score (nSPS) is 13.2. The maximum atomic E-state index is 5.98. The molecule has 0 saturated heterocycles. The van der Waals surface area contributed by atoms with Crippen LogP contribution in [-0.2, 0) is 4.74 Å². The third-order valence-corrected chi connectivity index (χ3v) is 3.09. The van der Waals surface area contributed by atoms with Crippen molar-refractivity contribution in [2.24, 2.45) is 11.7 Å². The fraction of sp³-hybridized carbons (Fsp3) is 1.00. The lowest BCUT2D eigenvalue weighted by atomic mass is 9.99. The van der Waals surface area contributed by atoms with E-state index in [-0.39, 0.29) is 0 Å². The predicted octanol–water partition coefficient (Wildman–Crippen LogP) is 2.89. The summed E-state index contributed by atoms with van der Waals surface area (Å²) in [5.41, 5.74) is 5.98. The molecule has 0 bridgehead atoms. The van der Waals surface area contributed by atoms with E-state index in [9.17, 15) is 0 Å². The third kappa shape index (κ3) is 12.1. The zero-order valence-corrected chi connectivity index (χ0v) is 12.0. The first-order valence-corrected chi connectivity index (χ1v) is 7.22. The van der Waals surface area contributed by atoms with E-state index in [0.29, 0.717) is 18.7 Å². The van der Waals surface area contributed by atoms with Crippen LogP contribution in [-0.4, -0.2) is 25.9 Å². The molecule has 0 aromatic carbocycles. The van der Waals surface area contributed by atoms with Crippen molar-refractivity contribution in [3.63, 3.8) is 0 Å². The molecule has 0 amide bonds. The second-order valence-corrected chi connectivity index (χ2v) is 5.16. The molecule has 0 radical (unpaired) electrons. The molecule has 0 aromatic heterocycles. The van der Waals surface area contributed by atoms with Crippen LogP contribution in [0.5, 0.6) is 0 Å². The second-order valence-electron chi connectivity index (χ2n) is 5.16. The summed E-state index contributed by atoms with van der Waals surface area (Å²) in [5, 5.41) is 3.30. The first-order chi connectivity index (χ1) is 8.18. The molecule has 3 nitrogen and oxygen atoms in total. The highest BCUT2D eigenvalue weighted by Crippen LogP contribution is 2.06. The molecule has 0 spiro atoms. The van der Waals surface area contributed by atoms with Crippen molar-refractivity contribution < 1.29 is 4.74 Å². The highest BCUT2D eigenvalue weighted by Gasteiger charge is 2.05. The number of nitrogens with one attached hydrogen (secondary N) is 1. The summed E-state index contributed by atoms with van der Waals surface area (Å²) in [6.07, 6.45) is 7.25. The summed E-state index contributed by atoms with van der Waals surface area (Å²) in [6.45, 7) is 9.21. The van der Waals surface area contributed by atoms with E-state index in [1.807, 2.05) is 0 Å². The van der Waals surface area contributed by atoms with Gasteiger partial charge in [-0.3, -0.25) is 5.32 Å². The fourth-order valence-corrected chi connectivity index (χ4v) is 1.63. The molecule has 0 aliphatic heterocycles. The van der Waals surface area contributed by atoms with Crippen LogP contribution in [0, 0.1) is 5.92 Å². The van der Waals surface area contributed by atoms with Crippen molar-refractivity contribution in [3.05, 3.63) is 0 Å². The average molecular weight is 244 g/mol. The summed E-state index contributed by atoms with van der Waals surface area (Å²) < 4.78 is 5.47. The minimum Gasteiger partial charge on any atom is -0.366 e. The molecule has 0 heterocycles. The van der Waals surface area contributed by atoms with Crippen molar-refractivity contribution >= 4 is 0 Å². The van der Waals surface area contributed by atoms with E-state index in [4.69, 9.17) is 10.5 Å². The lowest BCUT2D eigenvalue weighted by molar-refractivity contribution is 0.113. The zero-order valence-electron chi connectivity index (χ0n) is 12.0. The van der Waals surface area contributed by atoms with Crippen molar-refractivity contribution in [2.45, 2.75) is 65.3 Å². The van der Waals surface area contributed by atoms with Crippen LogP contribution in [0.2, 0.25) is 0 Å². The fourth-order valence-electron chi connectivity index (χ4n) is 1.63. The zero-order chi connectivity index (χ0) is 12.9. The van der Waals surface area contributed by atoms with Gasteiger partial charge in [-0.05, 0) is 31.7 Å². The molecular weight excluding hydrogens is 212 g/mol. The number of rotatable bonds is 12. The Morgan fingerprint density at radius 3 is 2.53 bits per heavy atom. The first kappa shape index (κ1) is 16.9. The molecule has 0 aliphatic carbocycles. The van der Waals surface area contributed by atoms with Crippen LogP contribution in [0.1, 0.15) is 59.3 Å². The summed E-state index contributed by atoms with van der Waals surface area (Å²) in [7, 11) is 0. The van der Waals surface area contributed by atoms with E-state index in [2.05, 4.69) is 26.1 Å². The van der Waals surface area contributed by atoms with Crippen LogP contribution in [0.15, 0.2) is 0 Å². The number of unbranched alkanes of at least 4 members (excludes halogenated alkanes) is 3. The number of hydrogen-bond donors (Lipinski definition) is 2. The Hall–Kier alpha value is -0.120. The molecule has 0 aromatic rings. The van der Waals surface area contributed by atoms with Crippen molar-refractivity contribution in [3.8, 4) is 0 Å². The standard InChI is InChI=1S/C14H32N2O/c1-4-5-8-11-17-12-16-10-7-6-9-14(15)13(2)3/h13-14,16H,4-12,15H2,1-3H3. The van der Waals surface area contributed by atoms with Gasteiger partial charge in [0, 0.05) is 12.6 Å². The Bertz CT molecular complexity index is 151. The van der Waals surface area contributed by atoms with Gasteiger partial charge in [0.05, 0.1) is 6.73 Å². The molecule has 17 heavy (non-hydrogen) atoms. The highest BCUT2D eigenvalue weighted by atomic mass is 16.5. The van der Waals surface area contributed by atoms with Crippen LogP contribution >= 0.6 is 0 Å². The molecule has 3 N–H and O–H groups in total. The Morgan fingerprint density at radius 2 is 1.88 bits per heavy atom. The van der Waals surface area contributed by atoms with Gasteiger partial charge in [0.1, 0.15) is 0 Å². The summed E-state index contributed by atoms with van der Waals surface area (Å²) >= 11 is 0. The molecule has 104 valence electrons. The average Bonchev–Trinajstić information content (AvgIpc) is 2.31. The summed E-state index contributed by atoms with van der Waals surface area (Å²) in [4.78, 5) is 0. The first-order valence-electron chi connectivity index (χ1n) is 7.22. The van der Waals surface area contributed by atoms with Gasteiger partial charge < -0.3 is 10.5 Å². The van der Waals surface area contributed by atoms with E-state index in [1.165, 1.54) is 32.1 Å². The summed E-state index contributed by atoms with van der Waals surface area (Å²) in [5.74, 6) is 0.602. The number of ether oxygens (including phenoxy) is 1. The lowest BCUT2D eigenvalue weighted by Crippen LogP contribution is -2.26. The summed E-state index contributed by atoms with van der Waals surface area (Å²) in [6, 6.07) is 0.361. The highest BCUT2D eigenvalue weighted by molar-refractivity contribution is 4.64. The van der Waals surface area contributed by atoms with Crippen molar-refractivity contribution in [2.75, 3.05) is 19.9 Å². The molecular formula is C14H32N2O. The Morgan fingerprint density at radius 1 is 1.12 bits per heavy atom. The second kappa shape index (κ2) is 12.3. The van der Waals surface area contributed by atoms with Gasteiger partial charge in [0.25, 0.3) is 0 Å². The molecule has 0 rings (SSSR count). The van der Waals surface area contributed by atoms with Gasteiger partial charge in [-0.1, -0.05) is 40.0 Å². The lowest BCUT2D eigenvalue weighted by Gasteiger charge is -2.15. The number of hydrogen-bond acceptors (Lipinski definition) is 3. The molecule has 0 fully saturated rings. The van der Waals surface area contributed by atoms with Gasteiger partial charge in [-0.15, -0.1) is 0 Å². The quantitative estimate of drug-likeness (QED) is 0.410. The molecule has 1 atom stereocenters. The smallest absolute Gasteiger partial charge is 0.0965 e. The minimum absolute atomic E-state index is 0.361. The van der Waals surface area contributed by atoms with Crippen LogP contribution in [0.3, 0.4) is 0 Å². The molecule has 0 saturated carbocycles. The van der Waals surface area contributed by atoms with E-state index in [0.717, 1.165) is 19.6 Å². The monoisotopic (exact) mass is 244 g/mol. The van der Waals surface area contributed by atoms with Gasteiger partial charge in [-0.25, -0.2) is 0 Å². The van der Waals surface area contributed by atoms with E-state index >= 15 is 0 Å². The Balaban J connectivity index is 3.03. The maximum absolute atomic E-state index is 5.98. The largest absolute Gasteiger partial charge is 0.366 e. The van der Waals surface area contributed by atoms with Crippen molar-refractivity contribution in [1.29, 1.82) is 0 Å². The van der Waals surface area contributed by atoms with Crippen LogP contribution in [0.25, 0.3) is 0 Å². The van der Waals surface area contributed by atoms with Crippen LogP contribution < -0.4 is 11.1 Å². The third-order valence-electron chi connectivity index (χ3n) is 3.09. The maximum Gasteiger partial charge on any atom is 0.0965 e. The van der Waals surface area contributed by atoms with Crippen LogP contribution in [0.4, 0.5) is 0 Å². The van der Waals surface area contributed by atoms with Gasteiger partial charge >= 0.3 is 0 Å². The molecule has 1 unspecified atom stereocenters. The van der Waals surface area contributed by atoms with Gasteiger partial charge in [0.15, 0.2) is 0 Å². The SMILES string of the molecule is CCCCCOCNCCCCC(N)C(C)C. The van der Waals surface area contributed by atoms with Gasteiger partial charge in [0.2, 0.25) is 0 Å². The Labute approximate surface area is 107 Å². The van der Waals surface area contributed by atoms with E-state index in [1.54, 1.807) is 0 Å². The van der Waals surface area contributed by atoms with Crippen molar-refractivity contribution in [1.82, 2.24) is 5.32 Å². The molecule has 3 heteroatoms. The Kier molecular flexibility index (Phi) is 12.3. The number of nitrogens with two attached hydrogens (primary N) is 1. The minimum atomic E-state index is 0.361. The van der Waals surface area contributed by atoms with E-state index < -0.39 is 0 Å². The topological polar surface area (TPSA) is 47.3 Å². The molecule has 0 aliphatic rings. The van der Waals surface area contributed by atoms with Gasteiger partial charge in [-0.2, -0.15) is 0 Å². The predicted molar refractivity (Wildman–Crippen MR) is 75.0 cm³/mol.